The highest BCUT2D eigenvalue weighted by Crippen LogP contribution is 2.56. The third-order valence-corrected chi connectivity index (χ3v) is 9.02. The minimum Gasteiger partial charge on any atom is -0.256 e. The van der Waals surface area contributed by atoms with E-state index in [0.717, 1.165) is 5.69 Å². The van der Waals surface area contributed by atoms with Gasteiger partial charge in [-0.15, -0.1) is 0 Å². The Morgan fingerprint density at radius 1 is 0.757 bits per heavy atom. The van der Waals surface area contributed by atoms with E-state index in [1.165, 1.54) is 60.9 Å². The van der Waals surface area contributed by atoms with Gasteiger partial charge in [0.1, 0.15) is 0 Å². The van der Waals surface area contributed by atoms with E-state index in [-0.39, 0.29) is 16.2 Å². The molecule has 3 aromatic carbocycles. The molecule has 186 valence electrons. The largest absolute Gasteiger partial charge is 0.256 e. The maximum absolute atomic E-state index is 5.01. The lowest BCUT2D eigenvalue weighted by molar-refractivity contribution is 0.596. The van der Waals surface area contributed by atoms with Crippen molar-refractivity contribution in [3.8, 4) is 11.3 Å². The fourth-order valence-electron chi connectivity index (χ4n) is 6.63. The van der Waals surface area contributed by atoms with Crippen molar-refractivity contribution in [1.82, 2.24) is 4.98 Å². The van der Waals surface area contributed by atoms with Crippen LogP contribution < -0.4 is 0 Å². The first kappa shape index (κ1) is 23.9. The first-order chi connectivity index (χ1) is 17.4. The van der Waals surface area contributed by atoms with Gasteiger partial charge in [-0.2, -0.15) is 0 Å². The highest BCUT2D eigenvalue weighted by molar-refractivity contribution is 5.99. The van der Waals surface area contributed by atoms with E-state index < -0.39 is 0 Å². The molecule has 0 radical (unpaired) electrons. The van der Waals surface area contributed by atoms with Gasteiger partial charge in [-0.3, -0.25) is 4.98 Å². The van der Waals surface area contributed by atoms with Crippen LogP contribution in [0.2, 0.25) is 0 Å². The van der Waals surface area contributed by atoms with E-state index in [1.54, 1.807) is 0 Å². The van der Waals surface area contributed by atoms with Crippen LogP contribution in [0, 0.1) is 0 Å². The van der Waals surface area contributed by atoms with Crippen molar-refractivity contribution < 1.29 is 0 Å². The number of allylic oxidation sites excluding steroid dienone is 3. The van der Waals surface area contributed by atoms with Gasteiger partial charge < -0.3 is 0 Å². The van der Waals surface area contributed by atoms with Crippen molar-refractivity contribution in [1.29, 1.82) is 0 Å². The van der Waals surface area contributed by atoms with Crippen molar-refractivity contribution in [2.75, 3.05) is 0 Å². The Morgan fingerprint density at radius 3 is 2.22 bits per heavy atom. The second-order valence-electron chi connectivity index (χ2n) is 13.0. The van der Waals surface area contributed by atoms with Gasteiger partial charge in [0.2, 0.25) is 0 Å². The van der Waals surface area contributed by atoms with Crippen LogP contribution in [0.1, 0.15) is 83.2 Å². The van der Waals surface area contributed by atoms with Crippen LogP contribution in [-0.2, 0) is 16.2 Å². The zero-order valence-electron chi connectivity index (χ0n) is 23.5. The van der Waals surface area contributed by atoms with E-state index >= 15 is 0 Å². The van der Waals surface area contributed by atoms with E-state index in [1.807, 2.05) is 6.20 Å². The highest BCUT2D eigenvalue weighted by atomic mass is 14.7. The molecule has 0 N–H and O–H groups in total. The van der Waals surface area contributed by atoms with Crippen molar-refractivity contribution in [3.63, 3.8) is 0 Å². The summed E-state index contributed by atoms with van der Waals surface area (Å²) < 4.78 is 0. The fourth-order valence-corrected chi connectivity index (χ4v) is 6.63. The van der Waals surface area contributed by atoms with Crippen LogP contribution in [0.4, 0.5) is 0 Å². The number of pyridine rings is 1. The molecule has 0 saturated carbocycles. The number of hydrogen-bond donors (Lipinski definition) is 0. The Labute approximate surface area is 222 Å². The maximum Gasteiger partial charge on any atom is 0.0777 e. The molecule has 1 heteroatoms. The third-order valence-electron chi connectivity index (χ3n) is 9.02. The molecular weight excluding hydrogens is 446 g/mol. The average molecular weight is 484 g/mol. The number of benzene rings is 3. The lowest BCUT2D eigenvalue weighted by Gasteiger charge is -2.27. The van der Waals surface area contributed by atoms with Gasteiger partial charge in [0.25, 0.3) is 0 Å². The first-order valence-corrected chi connectivity index (χ1v) is 13.5. The standard InChI is InChI=1S/C36H37N/c1-22-32(26-15-11-12-16-28(26)35(22,5)6)31-21-27-29(36(31,7)8)17-18-37-33(27)24-19-23-13-9-10-14-25(23)30(20-24)34(2,3)4/h9-21H,1-8H3. The summed E-state index contributed by atoms with van der Waals surface area (Å²) in [6.07, 6.45) is 4.45. The first-order valence-electron chi connectivity index (χ1n) is 13.5. The van der Waals surface area contributed by atoms with Crippen LogP contribution in [0.3, 0.4) is 0 Å². The molecule has 2 aliphatic carbocycles. The van der Waals surface area contributed by atoms with Gasteiger partial charge in [-0.1, -0.05) is 103 Å². The van der Waals surface area contributed by atoms with Gasteiger partial charge in [0.05, 0.1) is 5.69 Å². The molecule has 2 aliphatic rings. The Balaban J connectivity index is 1.60. The fraction of sp³-hybridized carbons (Fsp3) is 0.306. The summed E-state index contributed by atoms with van der Waals surface area (Å²) >= 11 is 0. The Bertz CT molecular complexity index is 1650. The van der Waals surface area contributed by atoms with Crippen molar-refractivity contribution >= 4 is 22.4 Å². The maximum atomic E-state index is 5.01. The van der Waals surface area contributed by atoms with Crippen LogP contribution in [0.25, 0.3) is 33.7 Å². The number of fused-ring (bicyclic) bond motifs is 3. The molecule has 1 heterocycles. The summed E-state index contributed by atoms with van der Waals surface area (Å²) in [5, 5.41) is 2.60. The van der Waals surface area contributed by atoms with Crippen molar-refractivity contribution in [3.05, 3.63) is 112 Å². The molecule has 0 atom stereocenters. The number of nitrogens with zero attached hydrogens (tertiary/aromatic N) is 1. The van der Waals surface area contributed by atoms with Crippen LogP contribution in [0.5, 0.6) is 0 Å². The molecule has 0 bridgehead atoms. The van der Waals surface area contributed by atoms with Gasteiger partial charge in [-0.05, 0) is 80.8 Å². The molecule has 1 nitrogen and oxygen atoms in total. The third kappa shape index (κ3) is 3.40. The van der Waals surface area contributed by atoms with E-state index in [4.69, 9.17) is 4.98 Å². The van der Waals surface area contributed by atoms with E-state index in [0.29, 0.717) is 0 Å². The molecule has 0 unspecified atom stereocenters. The summed E-state index contributed by atoms with van der Waals surface area (Å²) in [6, 6.07) is 24.7. The zero-order chi connectivity index (χ0) is 26.3. The predicted molar refractivity (Wildman–Crippen MR) is 159 cm³/mol. The molecule has 0 saturated heterocycles. The molecule has 0 amide bonds. The lowest BCUT2D eigenvalue weighted by Crippen LogP contribution is -2.19. The Morgan fingerprint density at radius 2 is 1.46 bits per heavy atom. The zero-order valence-corrected chi connectivity index (χ0v) is 23.5. The molecule has 0 fully saturated rings. The number of aromatic nitrogens is 1. The quantitative estimate of drug-likeness (QED) is 0.276. The SMILES string of the molecule is CC1=C(C2=Cc3c(ccnc3-c3cc(C(C)(C)C)c4ccccc4c3)C2(C)C)c2ccccc2C1(C)C. The second kappa shape index (κ2) is 7.78. The number of hydrogen-bond acceptors (Lipinski definition) is 1. The van der Waals surface area contributed by atoms with Gasteiger partial charge in [0.15, 0.2) is 0 Å². The lowest BCUT2D eigenvalue weighted by atomic mass is 9.76. The molecular formula is C36H37N. The predicted octanol–water partition coefficient (Wildman–Crippen LogP) is 9.64. The summed E-state index contributed by atoms with van der Waals surface area (Å²) in [6.45, 7) is 18.7. The summed E-state index contributed by atoms with van der Waals surface area (Å²) in [5.41, 5.74) is 13.3. The molecule has 1 aromatic heterocycles. The monoisotopic (exact) mass is 483 g/mol. The molecule has 0 aliphatic heterocycles. The molecule has 6 rings (SSSR count). The minimum absolute atomic E-state index is 0.0264. The summed E-state index contributed by atoms with van der Waals surface area (Å²) in [4.78, 5) is 5.01. The van der Waals surface area contributed by atoms with Crippen molar-refractivity contribution in [2.24, 2.45) is 0 Å². The van der Waals surface area contributed by atoms with Gasteiger partial charge in [0, 0.05) is 28.2 Å². The smallest absolute Gasteiger partial charge is 0.0777 e. The molecule has 4 aromatic rings. The summed E-state index contributed by atoms with van der Waals surface area (Å²) in [7, 11) is 0. The average Bonchev–Trinajstić information content (AvgIpc) is 3.24. The number of rotatable bonds is 2. The van der Waals surface area contributed by atoms with E-state index in [9.17, 15) is 0 Å². The van der Waals surface area contributed by atoms with E-state index in [2.05, 4.69) is 128 Å². The normalized spacial score (nSPS) is 17.7. The molecule has 37 heavy (non-hydrogen) atoms. The minimum atomic E-state index is -0.110. The Kier molecular flexibility index (Phi) is 5.03. The highest BCUT2D eigenvalue weighted by Gasteiger charge is 2.43. The van der Waals surface area contributed by atoms with Gasteiger partial charge in [-0.25, -0.2) is 0 Å². The van der Waals surface area contributed by atoms with Crippen molar-refractivity contribution in [2.45, 2.75) is 71.6 Å². The topological polar surface area (TPSA) is 12.9 Å². The van der Waals surface area contributed by atoms with Crippen LogP contribution in [0.15, 0.2) is 84.1 Å². The second-order valence-corrected chi connectivity index (χ2v) is 13.0. The van der Waals surface area contributed by atoms with Crippen LogP contribution in [-0.4, -0.2) is 4.98 Å². The Hall–Kier alpha value is -3.45. The summed E-state index contributed by atoms with van der Waals surface area (Å²) in [5.74, 6) is 0. The van der Waals surface area contributed by atoms with Gasteiger partial charge >= 0.3 is 0 Å². The van der Waals surface area contributed by atoms with Crippen LogP contribution >= 0.6 is 0 Å². The molecule has 0 spiro atoms.